The molecule has 13 heteroatoms. The zero-order valence-electron chi connectivity index (χ0n) is 28.6. The van der Waals surface area contributed by atoms with Crippen molar-refractivity contribution in [3.63, 3.8) is 0 Å². The highest BCUT2D eigenvalue weighted by atomic mass is 35.5. The summed E-state index contributed by atoms with van der Waals surface area (Å²) < 4.78 is 65.3. The average molecular weight is 722 g/mol. The van der Waals surface area contributed by atoms with Gasteiger partial charge in [0.25, 0.3) is 0 Å². The molecule has 0 amide bonds. The van der Waals surface area contributed by atoms with Gasteiger partial charge in [-0.25, -0.2) is 23.5 Å². The largest absolute Gasteiger partial charge is 0.489 e. The van der Waals surface area contributed by atoms with Crippen molar-refractivity contribution in [3.8, 4) is 22.9 Å². The lowest BCUT2D eigenvalue weighted by molar-refractivity contribution is 0.0367. The fourth-order valence-corrected chi connectivity index (χ4v) is 5.94. The van der Waals surface area contributed by atoms with Crippen molar-refractivity contribution < 1.29 is 42.0 Å². The van der Waals surface area contributed by atoms with E-state index in [1.54, 1.807) is 49.6 Å². The Balaban J connectivity index is 0.00000105. The van der Waals surface area contributed by atoms with Gasteiger partial charge < -0.3 is 33.0 Å². The number of methoxy groups -OCH3 is 2. The first-order valence-electron chi connectivity index (χ1n) is 16.5. The number of aryl methyl sites for hydroxylation is 1. The van der Waals surface area contributed by atoms with Crippen LogP contribution in [0.1, 0.15) is 44.9 Å². The number of aromatic nitrogens is 3. The lowest BCUT2D eigenvalue weighted by Crippen LogP contribution is -2.10. The summed E-state index contributed by atoms with van der Waals surface area (Å²) in [5, 5.41) is 0.279. The van der Waals surface area contributed by atoms with E-state index >= 15 is 4.39 Å². The van der Waals surface area contributed by atoms with Crippen molar-refractivity contribution in [1.82, 2.24) is 14.5 Å². The Hall–Kier alpha value is -4.62. The Kier molecular flexibility index (Phi) is 11.8. The van der Waals surface area contributed by atoms with Crippen molar-refractivity contribution in [2.45, 2.75) is 32.5 Å². The van der Waals surface area contributed by atoms with Crippen LogP contribution in [0, 0.1) is 11.6 Å². The lowest BCUT2D eigenvalue weighted by atomic mass is 9.99. The summed E-state index contributed by atoms with van der Waals surface area (Å²) in [5.74, 6) is -0.244. The third-order valence-electron chi connectivity index (χ3n) is 8.62. The van der Waals surface area contributed by atoms with E-state index in [2.05, 4.69) is 4.98 Å². The van der Waals surface area contributed by atoms with Gasteiger partial charge >= 0.3 is 5.97 Å². The Labute approximate surface area is 299 Å². The smallest absolute Gasteiger partial charge is 0.338 e. The third kappa shape index (κ3) is 8.48. The molecule has 5 aromatic rings. The highest BCUT2D eigenvalue weighted by Crippen LogP contribution is 2.32. The minimum Gasteiger partial charge on any atom is -0.489 e. The van der Waals surface area contributed by atoms with Gasteiger partial charge in [0.15, 0.2) is 0 Å². The Bertz CT molecular complexity index is 2030. The average Bonchev–Trinajstić information content (AvgIpc) is 3.40. The van der Waals surface area contributed by atoms with Gasteiger partial charge in [0, 0.05) is 56.0 Å². The van der Waals surface area contributed by atoms with Gasteiger partial charge in [-0.2, -0.15) is 0 Å². The van der Waals surface area contributed by atoms with Gasteiger partial charge in [-0.05, 0) is 72.0 Å². The number of carbonyl (C=O) groups excluding carboxylic acids is 1. The van der Waals surface area contributed by atoms with Crippen LogP contribution < -0.4 is 9.47 Å². The first kappa shape index (κ1) is 36.2. The highest BCUT2D eigenvalue weighted by Gasteiger charge is 2.21. The number of imidazole rings is 1. The summed E-state index contributed by atoms with van der Waals surface area (Å²) in [7, 11) is 4.70. The molecule has 268 valence electrons. The van der Waals surface area contributed by atoms with Gasteiger partial charge in [-0.1, -0.05) is 17.7 Å². The molecule has 10 nitrogen and oxygen atoms in total. The number of fused-ring (bicyclic) bond motifs is 7. The number of carbonyl (C=O) groups is 1. The van der Waals surface area contributed by atoms with Crippen molar-refractivity contribution in [2.75, 3.05) is 47.3 Å². The first-order valence-corrected chi connectivity index (χ1v) is 16.9. The molecule has 7 rings (SSSR count). The predicted octanol–water partition coefficient (Wildman–Crippen LogP) is 7.03. The zero-order valence-corrected chi connectivity index (χ0v) is 29.4. The second-order valence-electron chi connectivity index (χ2n) is 12.0. The third-order valence-corrected chi connectivity index (χ3v) is 8.83. The zero-order chi connectivity index (χ0) is 35.9. The molecular formula is C38H38ClF2N3O7. The normalized spacial score (nSPS) is 13.9. The summed E-state index contributed by atoms with van der Waals surface area (Å²) in [6, 6.07) is 14.5. The second-order valence-corrected chi connectivity index (χ2v) is 12.4. The molecule has 2 aliphatic heterocycles. The van der Waals surface area contributed by atoms with E-state index in [-0.39, 0.29) is 49.3 Å². The van der Waals surface area contributed by atoms with E-state index in [0.717, 1.165) is 18.8 Å². The molecule has 0 unspecified atom stereocenters. The lowest BCUT2D eigenvalue weighted by Gasteiger charge is -2.17. The molecular weight excluding hydrogens is 684 g/mol. The molecule has 0 atom stereocenters. The fourth-order valence-electron chi connectivity index (χ4n) is 5.71. The maximum Gasteiger partial charge on any atom is 0.338 e. The van der Waals surface area contributed by atoms with Crippen molar-refractivity contribution >= 4 is 28.6 Å². The van der Waals surface area contributed by atoms with Crippen LogP contribution in [0.25, 0.3) is 22.3 Å². The maximum atomic E-state index is 15.9. The molecule has 51 heavy (non-hydrogen) atoms. The van der Waals surface area contributed by atoms with Crippen molar-refractivity contribution in [1.29, 1.82) is 0 Å². The van der Waals surface area contributed by atoms with E-state index in [9.17, 15) is 9.18 Å². The van der Waals surface area contributed by atoms with Crippen LogP contribution in [0.15, 0.2) is 54.6 Å². The summed E-state index contributed by atoms with van der Waals surface area (Å²) in [6.45, 7) is 2.93. The number of benzene rings is 3. The number of ether oxygens (including phenoxy) is 6. The summed E-state index contributed by atoms with van der Waals surface area (Å²) in [5.41, 5.74) is 4.52. The Morgan fingerprint density at radius 2 is 1.75 bits per heavy atom. The van der Waals surface area contributed by atoms with Crippen LogP contribution in [0.2, 0.25) is 5.02 Å². The SMILES string of the molecule is C1COC1.COCCOc1cc(C(=O)OC)cc2c1nc(Cc1cc(F)c3cc1COCCc1cc(Cl)cc(F)c1COc1cccc-3n1)n2C. The number of rotatable bonds is 7. The molecule has 4 bridgehead atoms. The summed E-state index contributed by atoms with van der Waals surface area (Å²) in [4.78, 5) is 21.8. The van der Waals surface area contributed by atoms with E-state index in [1.807, 2.05) is 11.6 Å². The molecule has 1 saturated heterocycles. The molecule has 0 spiro atoms. The topological polar surface area (TPSA) is 103 Å². The second kappa shape index (κ2) is 16.6. The van der Waals surface area contributed by atoms with E-state index in [1.165, 1.54) is 25.7 Å². The van der Waals surface area contributed by atoms with Crippen LogP contribution in [0.3, 0.4) is 0 Å². The van der Waals surface area contributed by atoms with Crippen LogP contribution in [-0.4, -0.2) is 67.8 Å². The van der Waals surface area contributed by atoms with Crippen LogP contribution in [0.5, 0.6) is 11.6 Å². The number of hydrogen-bond donors (Lipinski definition) is 0. The Morgan fingerprint density at radius 3 is 2.49 bits per heavy atom. The molecule has 2 aromatic heterocycles. The number of esters is 1. The van der Waals surface area contributed by atoms with Crippen LogP contribution in [-0.2, 0) is 52.1 Å². The number of nitrogens with zero attached hydrogens (tertiary/aromatic N) is 3. The summed E-state index contributed by atoms with van der Waals surface area (Å²) >= 11 is 6.17. The van der Waals surface area contributed by atoms with Gasteiger partial charge in [-0.15, -0.1) is 0 Å². The van der Waals surface area contributed by atoms with E-state index < -0.39 is 17.6 Å². The van der Waals surface area contributed by atoms with Gasteiger partial charge in [0.2, 0.25) is 5.88 Å². The Morgan fingerprint density at radius 1 is 0.941 bits per heavy atom. The standard InChI is InChI=1S/C35H32ClF2N3O6.C3H6O/c1-41-30-14-22(35(42)44-3)15-31(46-10-9-43-2)34(30)40-32(41)16-21-13-27(37)25-12-23(21)18-45-8-7-20-11-24(36)17-28(38)26(20)19-47-33-6-4-5-29(25)39-33;1-2-4-3-1/h4-6,11-15,17H,7-10,16,18-19H2,1-3H3;1-3H2. The van der Waals surface area contributed by atoms with Crippen molar-refractivity contribution in [3.05, 3.63) is 105 Å². The van der Waals surface area contributed by atoms with E-state index in [0.29, 0.717) is 63.6 Å². The van der Waals surface area contributed by atoms with Crippen molar-refractivity contribution in [2.24, 2.45) is 7.05 Å². The monoisotopic (exact) mass is 721 g/mol. The van der Waals surface area contributed by atoms with Gasteiger partial charge in [0.05, 0.1) is 43.7 Å². The first-order chi connectivity index (χ1) is 24.7. The number of hydrogen-bond acceptors (Lipinski definition) is 9. The minimum atomic E-state index is -0.515. The fraction of sp³-hybridized carbons (Fsp3) is 0.342. The minimum absolute atomic E-state index is 0.0697. The highest BCUT2D eigenvalue weighted by molar-refractivity contribution is 6.30. The molecule has 3 aromatic carbocycles. The molecule has 4 heterocycles. The molecule has 0 N–H and O–H groups in total. The maximum absolute atomic E-state index is 15.9. The molecule has 0 radical (unpaired) electrons. The summed E-state index contributed by atoms with van der Waals surface area (Å²) in [6.07, 6.45) is 1.90. The predicted molar refractivity (Wildman–Crippen MR) is 186 cm³/mol. The molecule has 0 saturated carbocycles. The quantitative estimate of drug-likeness (QED) is 0.130. The van der Waals surface area contributed by atoms with Gasteiger partial charge in [-0.3, -0.25) is 0 Å². The molecule has 2 aliphatic rings. The van der Waals surface area contributed by atoms with E-state index in [4.69, 9.17) is 45.0 Å². The number of halogens is 3. The van der Waals surface area contributed by atoms with Crippen LogP contribution in [0.4, 0.5) is 8.78 Å². The van der Waals surface area contributed by atoms with Gasteiger partial charge in [0.1, 0.15) is 41.9 Å². The number of pyridine rings is 1. The molecule has 0 aliphatic carbocycles. The molecule has 1 fully saturated rings. The van der Waals surface area contributed by atoms with Crippen LogP contribution >= 0.6 is 11.6 Å².